The van der Waals surface area contributed by atoms with E-state index in [-0.39, 0.29) is 18.5 Å². The van der Waals surface area contributed by atoms with E-state index >= 15 is 0 Å². The van der Waals surface area contributed by atoms with E-state index in [2.05, 4.69) is 0 Å². The molecule has 0 N–H and O–H groups in total. The Morgan fingerprint density at radius 2 is 1.96 bits per heavy atom. The van der Waals surface area contributed by atoms with E-state index in [9.17, 15) is 9.59 Å². The number of hydrogen-bond acceptors (Lipinski definition) is 4. The van der Waals surface area contributed by atoms with Gasteiger partial charge in [-0.25, -0.2) is 4.79 Å². The van der Waals surface area contributed by atoms with Crippen LogP contribution >= 0.6 is 11.3 Å². The lowest BCUT2D eigenvalue weighted by Gasteiger charge is -2.17. The number of rotatable bonds is 3. The summed E-state index contributed by atoms with van der Waals surface area (Å²) in [5.41, 5.74) is 3.90. The van der Waals surface area contributed by atoms with Gasteiger partial charge in [-0.1, -0.05) is 18.2 Å². The smallest absolute Gasteiger partial charge is 0.339 e. The van der Waals surface area contributed by atoms with Gasteiger partial charge in [0.15, 0.2) is 6.61 Å². The first-order valence-electron chi connectivity index (χ1n) is 8.38. The summed E-state index contributed by atoms with van der Waals surface area (Å²) in [5, 5.41) is 1.88. The molecular weight excluding hydrogens is 322 g/mol. The number of anilines is 1. The van der Waals surface area contributed by atoms with Crippen LogP contribution in [0.5, 0.6) is 0 Å². The van der Waals surface area contributed by atoms with Gasteiger partial charge in [-0.3, -0.25) is 4.79 Å². The fourth-order valence-electron chi connectivity index (χ4n) is 3.55. The molecule has 0 radical (unpaired) electrons. The molecule has 0 saturated heterocycles. The summed E-state index contributed by atoms with van der Waals surface area (Å²) in [6.07, 6.45) is 5.16. The van der Waals surface area contributed by atoms with Crippen LogP contribution in [0.2, 0.25) is 0 Å². The molecule has 4 rings (SSSR count). The zero-order chi connectivity index (χ0) is 16.5. The van der Waals surface area contributed by atoms with Crippen LogP contribution in [-0.4, -0.2) is 25.0 Å². The van der Waals surface area contributed by atoms with Crippen LogP contribution in [-0.2, 0) is 28.8 Å². The highest BCUT2D eigenvalue weighted by atomic mass is 32.1. The Bertz CT molecular complexity index is 796. The van der Waals surface area contributed by atoms with Crippen molar-refractivity contribution in [1.29, 1.82) is 0 Å². The van der Waals surface area contributed by atoms with Crippen LogP contribution < -0.4 is 4.90 Å². The number of carbonyl (C=O) groups is 2. The molecule has 0 spiro atoms. The van der Waals surface area contributed by atoms with E-state index in [1.165, 1.54) is 16.9 Å². The summed E-state index contributed by atoms with van der Waals surface area (Å²) >= 11 is 1.63. The largest absolute Gasteiger partial charge is 0.452 e. The first-order chi connectivity index (χ1) is 11.7. The van der Waals surface area contributed by atoms with E-state index < -0.39 is 0 Å². The average Bonchev–Trinajstić information content (AvgIpc) is 3.23. The Kier molecular flexibility index (Phi) is 4.10. The molecule has 24 heavy (non-hydrogen) atoms. The number of esters is 1. The van der Waals surface area contributed by atoms with Crippen molar-refractivity contribution in [1.82, 2.24) is 0 Å². The third kappa shape index (κ3) is 2.73. The third-order valence-electron chi connectivity index (χ3n) is 4.80. The van der Waals surface area contributed by atoms with Crippen molar-refractivity contribution in [3.63, 3.8) is 0 Å². The van der Waals surface area contributed by atoms with Gasteiger partial charge in [0.2, 0.25) is 0 Å². The average molecular weight is 341 g/mol. The molecule has 0 saturated carbocycles. The predicted molar refractivity (Wildman–Crippen MR) is 93.7 cm³/mol. The molecule has 2 aromatic rings. The minimum atomic E-state index is -0.366. The number of ether oxygens (including phenoxy) is 1. The summed E-state index contributed by atoms with van der Waals surface area (Å²) < 4.78 is 5.32. The van der Waals surface area contributed by atoms with E-state index in [4.69, 9.17) is 4.74 Å². The molecule has 1 aromatic carbocycles. The number of aryl methyl sites for hydroxylation is 1. The minimum absolute atomic E-state index is 0.155. The maximum Gasteiger partial charge on any atom is 0.339 e. The van der Waals surface area contributed by atoms with Crippen LogP contribution in [0.3, 0.4) is 0 Å². The second-order valence-electron chi connectivity index (χ2n) is 6.26. The van der Waals surface area contributed by atoms with Gasteiger partial charge in [-0.05, 0) is 49.3 Å². The van der Waals surface area contributed by atoms with Gasteiger partial charge in [0, 0.05) is 22.5 Å². The summed E-state index contributed by atoms with van der Waals surface area (Å²) in [4.78, 5) is 27.8. The van der Waals surface area contributed by atoms with Gasteiger partial charge < -0.3 is 9.64 Å². The van der Waals surface area contributed by atoms with Gasteiger partial charge in [0.25, 0.3) is 5.91 Å². The topological polar surface area (TPSA) is 46.6 Å². The van der Waals surface area contributed by atoms with Gasteiger partial charge >= 0.3 is 5.97 Å². The summed E-state index contributed by atoms with van der Waals surface area (Å²) in [5.74, 6) is -0.521. The lowest BCUT2D eigenvalue weighted by molar-refractivity contribution is -0.121. The van der Waals surface area contributed by atoms with Gasteiger partial charge in [0.1, 0.15) is 0 Å². The number of thiophene rings is 1. The first kappa shape index (κ1) is 15.4. The Morgan fingerprint density at radius 3 is 2.88 bits per heavy atom. The second kappa shape index (κ2) is 6.40. The van der Waals surface area contributed by atoms with E-state index in [0.717, 1.165) is 36.9 Å². The van der Waals surface area contributed by atoms with E-state index in [0.29, 0.717) is 12.1 Å². The first-order valence-corrected chi connectivity index (χ1v) is 9.26. The number of hydrogen-bond donors (Lipinski definition) is 0. The molecule has 0 fully saturated rings. The maximum absolute atomic E-state index is 12.4. The number of fused-ring (bicyclic) bond motifs is 2. The Labute approximate surface area is 145 Å². The van der Waals surface area contributed by atoms with Crippen molar-refractivity contribution in [2.75, 3.05) is 18.1 Å². The van der Waals surface area contributed by atoms with Crippen molar-refractivity contribution in [3.8, 4) is 0 Å². The molecule has 0 unspecified atom stereocenters. The zero-order valence-electron chi connectivity index (χ0n) is 13.4. The molecule has 1 amide bonds. The third-order valence-corrected chi connectivity index (χ3v) is 5.88. The highest BCUT2D eigenvalue weighted by Crippen LogP contribution is 2.31. The minimum Gasteiger partial charge on any atom is -0.452 e. The number of carbonyl (C=O) groups excluding carboxylic acids is 2. The fraction of sp³-hybridized carbons (Fsp3) is 0.368. The summed E-state index contributed by atoms with van der Waals surface area (Å²) in [7, 11) is 0. The van der Waals surface area contributed by atoms with E-state index in [1.807, 2.05) is 29.6 Å². The van der Waals surface area contributed by atoms with Crippen molar-refractivity contribution < 1.29 is 14.3 Å². The van der Waals surface area contributed by atoms with Crippen molar-refractivity contribution in [3.05, 3.63) is 51.2 Å². The fourth-order valence-corrected chi connectivity index (χ4v) is 4.66. The normalized spacial score (nSPS) is 15.8. The molecule has 1 aromatic heterocycles. The van der Waals surface area contributed by atoms with Crippen molar-refractivity contribution in [2.24, 2.45) is 0 Å². The number of para-hydroxylation sites is 1. The lowest BCUT2D eigenvalue weighted by Crippen LogP contribution is -2.33. The number of amides is 1. The molecule has 1 aliphatic carbocycles. The van der Waals surface area contributed by atoms with Gasteiger partial charge in [-0.15, -0.1) is 11.3 Å². The van der Waals surface area contributed by atoms with Crippen LogP contribution in [0.15, 0.2) is 29.6 Å². The Balaban J connectivity index is 1.41. The Morgan fingerprint density at radius 1 is 1.12 bits per heavy atom. The molecule has 124 valence electrons. The molecule has 2 aliphatic rings. The van der Waals surface area contributed by atoms with E-state index in [1.54, 1.807) is 16.2 Å². The second-order valence-corrected chi connectivity index (χ2v) is 7.22. The lowest BCUT2D eigenvalue weighted by atomic mass is 9.96. The highest BCUT2D eigenvalue weighted by molar-refractivity contribution is 7.10. The Hall–Kier alpha value is -2.14. The standard InChI is InChI=1S/C19H19NO3S/c21-18(20-10-9-13-5-1-3-7-16(13)20)11-23-19(22)15-12-24-17-8-4-2-6-14(15)17/h1,3,5,7,12H,2,4,6,8-11H2. The molecule has 5 heteroatoms. The monoisotopic (exact) mass is 341 g/mol. The maximum atomic E-state index is 12.4. The quantitative estimate of drug-likeness (QED) is 0.804. The molecular formula is C19H19NO3S. The van der Waals surface area contributed by atoms with Crippen LogP contribution in [0, 0.1) is 0 Å². The molecule has 0 atom stereocenters. The SMILES string of the molecule is O=C(OCC(=O)N1CCc2ccccc21)c1csc2c1CCCC2. The highest BCUT2D eigenvalue weighted by Gasteiger charge is 2.26. The predicted octanol–water partition coefficient (Wildman–Crippen LogP) is 3.37. The molecule has 4 nitrogen and oxygen atoms in total. The van der Waals surface area contributed by atoms with Crippen LogP contribution in [0.1, 0.15) is 39.2 Å². The molecule has 0 bridgehead atoms. The van der Waals surface area contributed by atoms with Crippen LogP contribution in [0.25, 0.3) is 0 Å². The zero-order valence-corrected chi connectivity index (χ0v) is 14.2. The van der Waals surface area contributed by atoms with Crippen molar-refractivity contribution in [2.45, 2.75) is 32.1 Å². The number of benzene rings is 1. The summed E-state index contributed by atoms with van der Waals surface area (Å²) in [6, 6.07) is 7.88. The van der Waals surface area contributed by atoms with Gasteiger partial charge in [-0.2, -0.15) is 0 Å². The van der Waals surface area contributed by atoms with Crippen LogP contribution in [0.4, 0.5) is 5.69 Å². The summed E-state index contributed by atoms with van der Waals surface area (Å²) in [6.45, 7) is 0.460. The number of nitrogens with zero attached hydrogens (tertiary/aromatic N) is 1. The molecule has 1 aliphatic heterocycles. The van der Waals surface area contributed by atoms with Gasteiger partial charge in [0.05, 0.1) is 5.56 Å². The molecule has 2 heterocycles. The van der Waals surface area contributed by atoms with Crippen molar-refractivity contribution >= 4 is 28.9 Å².